The van der Waals surface area contributed by atoms with E-state index in [2.05, 4.69) is 16.4 Å². The van der Waals surface area contributed by atoms with Crippen LogP contribution in [0.2, 0.25) is 0 Å². The van der Waals surface area contributed by atoms with Crippen LogP contribution in [-0.4, -0.2) is 36.7 Å². The molecule has 3 aromatic rings. The number of aromatic nitrogens is 1. The standard InChI is InChI=1S/C20H23N3O3S2/c1-5-23(6-2)28(25,26)16-9-7-15(8-10-16)19(24)22-20-21-17-12-13(3)11-14(4)18(17)27-20/h7-12H,5-6H2,1-4H3,(H,21,22,24). The number of hydrogen-bond donors (Lipinski definition) is 1. The molecule has 1 heterocycles. The maximum atomic E-state index is 12.5. The number of thiazole rings is 1. The number of carbonyl (C=O) groups excluding carboxylic acids is 1. The fourth-order valence-corrected chi connectivity index (χ4v) is 5.46. The molecule has 0 aliphatic rings. The van der Waals surface area contributed by atoms with Crippen molar-refractivity contribution in [2.45, 2.75) is 32.6 Å². The summed E-state index contributed by atoms with van der Waals surface area (Å²) in [5.74, 6) is -0.319. The highest BCUT2D eigenvalue weighted by Gasteiger charge is 2.21. The highest BCUT2D eigenvalue weighted by molar-refractivity contribution is 7.89. The van der Waals surface area contributed by atoms with Gasteiger partial charge in [-0.2, -0.15) is 4.31 Å². The minimum absolute atomic E-state index is 0.179. The number of fused-ring (bicyclic) bond motifs is 1. The molecule has 0 fully saturated rings. The van der Waals surface area contributed by atoms with Crippen LogP contribution in [-0.2, 0) is 10.0 Å². The number of sulfonamides is 1. The first-order valence-electron chi connectivity index (χ1n) is 9.05. The van der Waals surface area contributed by atoms with Gasteiger partial charge in [0.05, 0.1) is 15.1 Å². The van der Waals surface area contributed by atoms with Crippen LogP contribution >= 0.6 is 11.3 Å². The maximum Gasteiger partial charge on any atom is 0.257 e. The van der Waals surface area contributed by atoms with Gasteiger partial charge in [-0.25, -0.2) is 13.4 Å². The zero-order valence-electron chi connectivity index (χ0n) is 16.3. The quantitative estimate of drug-likeness (QED) is 0.652. The first kappa shape index (κ1) is 20.4. The Morgan fingerprint density at radius 1 is 1.11 bits per heavy atom. The molecule has 3 rings (SSSR count). The minimum atomic E-state index is -3.54. The number of rotatable bonds is 6. The molecule has 2 aromatic carbocycles. The molecule has 1 aromatic heterocycles. The second-order valence-corrected chi connectivity index (χ2v) is 9.45. The minimum Gasteiger partial charge on any atom is -0.298 e. The summed E-state index contributed by atoms with van der Waals surface area (Å²) in [5.41, 5.74) is 3.49. The van der Waals surface area contributed by atoms with Crippen molar-refractivity contribution in [1.82, 2.24) is 9.29 Å². The predicted molar refractivity (Wildman–Crippen MR) is 114 cm³/mol. The van der Waals surface area contributed by atoms with E-state index in [-0.39, 0.29) is 10.8 Å². The van der Waals surface area contributed by atoms with E-state index in [4.69, 9.17) is 0 Å². The lowest BCUT2D eigenvalue weighted by atomic mass is 10.1. The third-order valence-electron chi connectivity index (χ3n) is 4.50. The van der Waals surface area contributed by atoms with Crippen molar-refractivity contribution in [3.63, 3.8) is 0 Å². The van der Waals surface area contributed by atoms with Gasteiger partial charge in [0.1, 0.15) is 0 Å². The van der Waals surface area contributed by atoms with E-state index >= 15 is 0 Å². The van der Waals surface area contributed by atoms with Crippen LogP contribution in [0.4, 0.5) is 5.13 Å². The number of hydrogen-bond acceptors (Lipinski definition) is 5. The first-order valence-corrected chi connectivity index (χ1v) is 11.3. The van der Waals surface area contributed by atoms with Gasteiger partial charge in [-0.15, -0.1) is 0 Å². The summed E-state index contributed by atoms with van der Waals surface area (Å²) in [6.45, 7) is 8.43. The highest BCUT2D eigenvalue weighted by Crippen LogP contribution is 2.30. The van der Waals surface area contributed by atoms with Gasteiger partial charge in [0.15, 0.2) is 5.13 Å². The monoisotopic (exact) mass is 417 g/mol. The smallest absolute Gasteiger partial charge is 0.257 e. The molecule has 0 saturated carbocycles. The third-order valence-corrected chi connectivity index (χ3v) is 7.69. The summed E-state index contributed by atoms with van der Waals surface area (Å²) in [7, 11) is -3.54. The average molecular weight is 418 g/mol. The Morgan fingerprint density at radius 2 is 1.75 bits per heavy atom. The summed E-state index contributed by atoms with van der Waals surface area (Å²) in [5, 5.41) is 3.33. The summed E-state index contributed by atoms with van der Waals surface area (Å²) in [4.78, 5) is 17.2. The number of amides is 1. The molecule has 0 aliphatic carbocycles. The zero-order chi connectivity index (χ0) is 20.5. The van der Waals surface area contributed by atoms with Gasteiger partial charge in [-0.1, -0.05) is 31.3 Å². The Balaban J connectivity index is 1.81. The second kappa shape index (κ2) is 7.98. The lowest BCUT2D eigenvalue weighted by Crippen LogP contribution is -2.30. The van der Waals surface area contributed by atoms with Crippen molar-refractivity contribution in [2.75, 3.05) is 18.4 Å². The van der Waals surface area contributed by atoms with Gasteiger partial charge in [-0.05, 0) is 55.3 Å². The molecule has 1 N–H and O–H groups in total. The number of nitrogens with zero attached hydrogens (tertiary/aromatic N) is 2. The summed E-state index contributed by atoms with van der Waals surface area (Å²) in [6.07, 6.45) is 0. The fraction of sp³-hybridized carbons (Fsp3) is 0.300. The van der Waals surface area contributed by atoms with Gasteiger partial charge in [0.25, 0.3) is 5.91 Å². The lowest BCUT2D eigenvalue weighted by Gasteiger charge is -2.18. The molecule has 148 valence electrons. The zero-order valence-corrected chi connectivity index (χ0v) is 17.9. The number of nitrogens with one attached hydrogen (secondary N) is 1. The Morgan fingerprint density at radius 3 is 2.36 bits per heavy atom. The molecule has 8 heteroatoms. The highest BCUT2D eigenvalue weighted by atomic mass is 32.2. The molecule has 0 bridgehead atoms. The van der Waals surface area contributed by atoms with Crippen LogP contribution in [0.25, 0.3) is 10.2 Å². The van der Waals surface area contributed by atoms with Crippen molar-refractivity contribution < 1.29 is 13.2 Å². The van der Waals surface area contributed by atoms with Crippen LogP contribution in [0.1, 0.15) is 35.3 Å². The molecule has 28 heavy (non-hydrogen) atoms. The van der Waals surface area contributed by atoms with Gasteiger partial charge < -0.3 is 0 Å². The summed E-state index contributed by atoms with van der Waals surface area (Å²) < 4.78 is 27.5. The topological polar surface area (TPSA) is 79.4 Å². The van der Waals surface area contributed by atoms with Crippen LogP contribution < -0.4 is 5.32 Å². The molecule has 0 unspecified atom stereocenters. The van der Waals surface area contributed by atoms with Crippen molar-refractivity contribution in [2.24, 2.45) is 0 Å². The third kappa shape index (κ3) is 3.94. The van der Waals surface area contributed by atoms with E-state index < -0.39 is 10.0 Å². The van der Waals surface area contributed by atoms with E-state index in [1.54, 1.807) is 13.8 Å². The molecule has 0 radical (unpaired) electrons. The average Bonchev–Trinajstić information content (AvgIpc) is 3.05. The van der Waals surface area contributed by atoms with Gasteiger partial charge >= 0.3 is 0 Å². The van der Waals surface area contributed by atoms with Crippen molar-refractivity contribution in [1.29, 1.82) is 0 Å². The molecular weight excluding hydrogens is 394 g/mol. The molecule has 0 saturated heterocycles. The molecule has 0 aliphatic heterocycles. The van der Waals surface area contributed by atoms with Crippen LogP contribution in [0.15, 0.2) is 41.3 Å². The van der Waals surface area contributed by atoms with Crippen LogP contribution in [0.3, 0.4) is 0 Å². The van der Waals surface area contributed by atoms with Crippen molar-refractivity contribution in [3.05, 3.63) is 53.1 Å². The fourth-order valence-electron chi connectivity index (χ4n) is 3.09. The van der Waals surface area contributed by atoms with Gasteiger partial charge in [0.2, 0.25) is 10.0 Å². The number of carbonyl (C=O) groups is 1. The number of aryl methyl sites for hydroxylation is 2. The Bertz CT molecular complexity index is 1120. The number of benzene rings is 2. The van der Waals surface area contributed by atoms with E-state index in [1.807, 2.05) is 19.9 Å². The van der Waals surface area contributed by atoms with Crippen LogP contribution in [0.5, 0.6) is 0 Å². The summed E-state index contributed by atoms with van der Waals surface area (Å²) in [6, 6.07) is 10.0. The molecule has 0 spiro atoms. The van der Waals surface area contributed by atoms with E-state index in [9.17, 15) is 13.2 Å². The first-order chi connectivity index (χ1) is 13.3. The SMILES string of the molecule is CCN(CC)S(=O)(=O)c1ccc(C(=O)Nc2nc3cc(C)cc(C)c3s2)cc1. The van der Waals surface area contributed by atoms with E-state index in [0.717, 1.165) is 21.3 Å². The lowest BCUT2D eigenvalue weighted by molar-refractivity contribution is 0.102. The van der Waals surface area contributed by atoms with E-state index in [0.29, 0.717) is 23.8 Å². The Labute approximate surface area is 169 Å². The summed E-state index contributed by atoms with van der Waals surface area (Å²) >= 11 is 1.43. The molecule has 6 nitrogen and oxygen atoms in total. The predicted octanol–water partition coefficient (Wildman–Crippen LogP) is 4.20. The van der Waals surface area contributed by atoms with Crippen molar-refractivity contribution >= 4 is 42.6 Å². The van der Waals surface area contributed by atoms with Gasteiger partial charge in [-0.3, -0.25) is 10.1 Å². The Hall–Kier alpha value is -2.29. The largest absolute Gasteiger partial charge is 0.298 e. The molecular formula is C20H23N3O3S2. The van der Waals surface area contributed by atoms with Crippen molar-refractivity contribution in [3.8, 4) is 0 Å². The van der Waals surface area contributed by atoms with Crippen LogP contribution in [0, 0.1) is 13.8 Å². The van der Waals surface area contributed by atoms with E-state index in [1.165, 1.54) is 39.9 Å². The molecule has 1 amide bonds. The molecule has 0 atom stereocenters. The number of anilines is 1. The normalized spacial score (nSPS) is 11.9. The Kier molecular flexibility index (Phi) is 5.83. The van der Waals surface area contributed by atoms with Gasteiger partial charge in [0, 0.05) is 18.7 Å². The second-order valence-electron chi connectivity index (χ2n) is 6.52. The maximum absolute atomic E-state index is 12.5.